The molecule has 0 aliphatic heterocycles. The number of nitrogens with one attached hydrogen (secondary N) is 1. The van der Waals surface area contributed by atoms with Gasteiger partial charge in [0, 0.05) is 28.4 Å². The Labute approximate surface area is 272 Å². The SMILES string of the molecule is COc1ccc(Cl)cc1-c1nc(S/C(=C\c2cc(-c3ccccc3)n(-c3ccc([N+](=O)[O-])cc3)c2-c2ccccc2)C(=O)O)n[nH]1. The lowest BCUT2D eigenvalue weighted by molar-refractivity contribution is -0.384. The molecule has 4 aromatic carbocycles. The standard InChI is InChI=1S/C34H24ClN5O5S/c1-45-29-17-12-24(35)20-27(29)32-36-34(38-37-32)46-30(33(41)42)19-23-18-28(21-8-4-2-5-9-21)39(31(23)22-10-6-3-7-11-22)25-13-15-26(16-14-25)40(43)44/h2-20H,1H3,(H,41,42)(H,36,37,38)/b30-19-. The van der Waals surface area contributed by atoms with Gasteiger partial charge in [-0.15, -0.1) is 5.10 Å². The lowest BCUT2D eigenvalue weighted by Gasteiger charge is -2.15. The van der Waals surface area contributed by atoms with Crippen LogP contribution in [0.4, 0.5) is 5.69 Å². The fraction of sp³-hybridized carbons (Fsp3) is 0.0294. The van der Waals surface area contributed by atoms with Crippen molar-refractivity contribution in [2.24, 2.45) is 0 Å². The number of benzene rings is 4. The van der Waals surface area contributed by atoms with E-state index in [1.54, 1.807) is 36.4 Å². The number of nitro benzene ring substituents is 1. The second kappa shape index (κ2) is 13.1. The van der Waals surface area contributed by atoms with Crippen LogP contribution in [0.1, 0.15) is 5.56 Å². The first-order valence-corrected chi connectivity index (χ1v) is 15.0. The Balaban J connectivity index is 1.51. The largest absolute Gasteiger partial charge is 0.496 e. The Kier molecular flexibility index (Phi) is 8.68. The van der Waals surface area contributed by atoms with Gasteiger partial charge in [0.15, 0.2) is 5.82 Å². The molecular formula is C34H24ClN5O5S. The van der Waals surface area contributed by atoms with Gasteiger partial charge in [-0.2, -0.15) is 0 Å². The number of aliphatic carboxylic acids is 1. The summed E-state index contributed by atoms with van der Waals surface area (Å²) in [7, 11) is 1.53. The highest BCUT2D eigenvalue weighted by Crippen LogP contribution is 2.39. The predicted octanol–water partition coefficient (Wildman–Crippen LogP) is 8.38. The maximum Gasteiger partial charge on any atom is 0.342 e. The molecule has 6 rings (SSSR count). The number of H-pyrrole nitrogens is 1. The Morgan fingerprint density at radius 3 is 2.28 bits per heavy atom. The number of hydrogen-bond donors (Lipinski definition) is 2. The van der Waals surface area contributed by atoms with Crippen molar-refractivity contribution in [2.45, 2.75) is 5.16 Å². The number of carbonyl (C=O) groups is 1. The molecule has 0 bridgehead atoms. The van der Waals surface area contributed by atoms with Crippen LogP contribution < -0.4 is 4.74 Å². The summed E-state index contributed by atoms with van der Waals surface area (Å²) in [5, 5.41) is 29.5. The van der Waals surface area contributed by atoms with Crippen molar-refractivity contribution in [3.8, 4) is 45.3 Å². The van der Waals surface area contributed by atoms with Gasteiger partial charge in [-0.05, 0) is 65.4 Å². The number of carboxylic acids is 1. The Morgan fingerprint density at radius 2 is 1.65 bits per heavy atom. The summed E-state index contributed by atoms with van der Waals surface area (Å²) < 4.78 is 7.40. The minimum absolute atomic E-state index is 0.0266. The molecule has 228 valence electrons. The van der Waals surface area contributed by atoms with E-state index in [1.165, 1.54) is 19.2 Å². The molecule has 46 heavy (non-hydrogen) atoms. The van der Waals surface area contributed by atoms with E-state index in [9.17, 15) is 20.0 Å². The summed E-state index contributed by atoms with van der Waals surface area (Å²) in [6.45, 7) is 0. The highest BCUT2D eigenvalue weighted by Gasteiger charge is 2.22. The molecule has 0 fully saturated rings. The molecule has 12 heteroatoms. The number of aromatic amines is 1. The molecule has 0 unspecified atom stereocenters. The van der Waals surface area contributed by atoms with E-state index in [1.807, 2.05) is 71.3 Å². The third-order valence-electron chi connectivity index (χ3n) is 7.05. The number of thioether (sulfide) groups is 1. The van der Waals surface area contributed by atoms with Gasteiger partial charge in [0.1, 0.15) is 10.7 Å². The van der Waals surface area contributed by atoms with Crippen LogP contribution in [0.5, 0.6) is 5.75 Å². The summed E-state index contributed by atoms with van der Waals surface area (Å²) in [6.07, 6.45) is 1.58. The van der Waals surface area contributed by atoms with Crippen LogP contribution in [-0.2, 0) is 4.79 Å². The van der Waals surface area contributed by atoms with Gasteiger partial charge in [-0.25, -0.2) is 9.78 Å². The van der Waals surface area contributed by atoms with Gasteiger partial charge in [-0.1, -0.05) is 72.3 Å². The number of halogens is 1. The highest BCUT2D eigenvalue weighted by atomic mass is 35.5. The van der Waals surface area contributed by atoms with Gasteiger partial charge in [-0.3, -0.25) is 15.2 Å². The zero-order chi connectivity index (χ0) is 32.2. The summed E-state index contributed by atoms with van der Waals surface area (Å²) in [5.74, 6) is -0.271. The monoisotopic (exact) mass is 649 g/mol. The van der Waals surface area contributed by atoms with Crippen LogP contribution in [0.2, 0.25) is 5.02 Å². The first-order valence-electron chi connectivity index (χ1n) is 13.8. The number of aromatic nitrogens is 4. The van der Waals surface area contributed by atoms with Crippen LogP contribution in [-0.4, -0.2) is 42.9 Å². The number of nitrogens with zero attached hydrogens (tertiary/aromatic N) is 4. The quantitative estimate of drug-likeness (QED) is 0.0653. The summed E-state index contributed by atoms with van der Waals surface area (Å²) >= 11 is 7.09. The van der Waals surface area contributed by atoms with Gasteiger partial charge in [0.05, 0.1) is 29.0 Å². The third-order valence-corrected chi connectivity index (χ3v) is 8.16. The number of ether oxygens (including phenoxy) is 1. The number of methoxy groups -OCH3 is 1. The summed E-state index contributed by atoms with van der Waals surface area (Å²) in [4.78, 5) is 28.1. The number of carboxylic acid groups (broad SMARTS) is 1. The summed E-state index contributed by atoms with van der Waals surface area (Å²) in [6, 6.07) is 32.4. The third kappa shape index (κ3) is 6.27. The van der Waals surface area contributed by atoms with Crippen LogP contribution in [0.25, 0.3) is 45.7 Å². The Hall–Kier alpha value is -5.65. The first-order chi connectivity index (χ1) is 22.3. The molecular weight excluding hydrogens is 626 g/mol. The fourth-order valence-electron chi connectivity index (χ4n) is 5.00. The van der Waals surface area contributed by atoms with E-state index in [4.69, 9.17) is 16.3 Å². The van der Waals surface area contributed by atoms with Crippen molar-refractivity contribution < 1.29 is 19.6 Å². The molecule has 2 N–H and O–H groups in total. The van der Waals surface area contributed by atoms with E-state index in [2.05, 4.69) is 15.2 Å². The number of rotatable bonds is 10. The molecule has 10 nitrogen and oxygen atoms in total. The average molecular weight is 650 g/mol. The van der Waals surface area contributed by atoms with Crippen molar-refractivity contribution in [1.82, 2.24) is 19.7 Å². The van der Waals surface area contributed by atoms with Gasteiger partial charge in [0.2, 0.25) is 5.16 Å². The smallest absolute Gasteiger partial charge is 0.342 e. The van der Waals surface area contributed by atoms with Crippen LogP contribution in [0, 0.1) is 10.1 Å². The molecule has 2 aromatic heterocycles. The van der Waals surface area contributed by atoms with Crippen LogP contribution >= 0.6 is 23.4 Å². The second-order valence-corrected chi connectivity index (χ2v) is 11.3. The van der Waals surface area contributed by atoms with Crippen molar-refractivity contribution in [1.29, 1.82) is 0 Å². The molecule has 0 amide bonds. The fourth-order valence-corrected chi connectivity index (χ4v) is 5.87. The van der Waals surface area contributed by atoms with E-state index in [0.29, 0.717) is 39.1 Å². The normalized spacial score (nSPS) is 11.4. The second-order valence-electron chi connectivity index (χ2n) is 9.90. The number of nitro groups is 1. The zero-order valence-corrected chi connectivity index (χ0v) is 25.7. The molecule has 0 saturated carbocycles. The van der Waals surface area contributed by atoms with Gasteiger partial charge >= 0.3 is 5.97 Å². The van der Waals surface area contributed by atoms with Crippen LogP contribution in [0.15, 0.2) is 119 Å². The van der Waals surface area contributed by atoms with Crippen molar-refractivity contribution in [2.75, 3.05) is 7.11 Å². The van der Waals surface area contributed by atoms with Gasteiger partial charge in [0.25, 0.3) is 5.69 Å². The number of non-ortho nitro benzene ring substituents is 1. The maximum absolute atomic E-state index is 12.6. The zero-order valence-electron chi connectivity index (χ0n) is 24.1. The van der Waals surface area contributed by atoms with Crippen LogP contribution in [0.3, 0.4) is 0 Å². The molecule has 0 radical (unpaired) electrons. The molecule has 6 aromatic rings. The summed E-state index contributed by atoms with van der Waals surface area (Å²) in [5.41, 5.74) is 4.98. The van der Waals surface area contributed by atoms with E-state index in [-0.39, 0.29) is 15.7 Å². The minimum atomic E-state index is -1.17. The lowest BCUT2D eigenvalue weighted by atomic mass is 10.1. The molecule has 0 aliphatic carbocycles. The maximum atomic E-state index is 12.6. The molecule has 2 heterocycles. The minimum Gasteiger partial charge on any atom is -0.496 e. The molecule has 0 aliphatic rings. The average Bonchev–Trinajstić information content (AvgIpc) is 3.70. The van der Waals surface area contributed by atoms with E-state index >= 15 is 0 Å². The topological polar surface area (TPSA) is 136 Å². The van der Waals surface area contributed by atoms with Crippen molar-refractivity contribution >= 4 is 41.1 Å². The van der Waals surface area contributed by atoms with E-state index < -0.39 is 10.9 Å². The van der Waals surface area contributed by atoms with E-state index in [0.717, 1.165) is 28.6 Å². The van der Waals surface area contributed by atoms with Gasteiger partial charge < -0.3 is 14.4 Å². The number of hydrogen-bond acceptors (Lipinski definition) is 7. The van der Waals surface area contributed by atoms with Crippen molar-refractivity contribution in [3.63, 3.8) is 0 Å². The predicted molar refractivity (Wildman–Crippen MR) is 178 cm³/mol. The Bertz CT molecular complexity index is 2080. The molecule has 0 spiro atoms. The molecule has 0 saturated heterocycles. The first kappa shape index (κ1) is 30.4. The van der Waals surface area contributed by atoms with Crippen molar-refractivity contribution in [3.05, 3.63) is 135 Å². The lowest BCUT2D eigenvalue weighted by Crippen LogP contribution is -2.01. The Morgan fingerprint density at radius 1 is 0.978 bits per heavy atom. The molecule has 0 atom stereocenters. The highest BCUT2D eigenvalue weighted by molar-refractivity contribution is 8.04.